The van der Waals surface area contributed by atoms with E-state index < -0.39 is 5.97 Å². The lowest BCUT2D eigenvalue weighted by atomic mass is 10.1. The van der Waals surface area contributed by atoms with E-state index in [1.165, 1.54) is 19.4 Å². The summed E-state index contributed by atoms with van der Waals surface area (Å²) in [6, 6.07) is 23.5. The number of anilines is 5. The normalized spacial score (nSPS) is 13.4. The van der Waals surface area contributed by atoms with Crippen molar-refractivity contribution in [2.24, 2.45) is 0 Å². The van der Waals surface area contributed by atoms with Crippen LogP contribution in [0.4, 0.5) is 28.4 Å². The van der Waals surface area contributed by atoms with E-state index in [0.717, 1.165) is 43.0 Å². The van der Waals surface area contributed by atoms with Gasteiger partial charge in [-0.2, -0.15) is 0 Å². The molecule has 0 spiro atoms. The SMILES string of the molecule is COC(=O)c1cc(C(=O)Nc2ccc(Nc3ccc(NC(=O)c4ccc(N5CCC(O)CC5)cc4)cc3)cc2)c[nH]1. The van der Waals surface area contributed by atoms with Crippen LogP contribution < -0.4 is 20.9 Å². The zero-order valence-electron chi connectivity index (χ0n) is 22.5. The minimum absolute atomic E-state index is 0.190. The van der Waals surface area contributed by atoms with E-state index in [4.69, 9.17) is 0 Å². The number of H-pyrrole nitrogens is 1. The molecule has 1 aliphatic heterocycles. The number of esters is 1. The van der Waals surface area contributed by atoms with E-state index in [1.54, 1.807) is 12.1 Å². The van der Waals surface area contributed by atoms with Crippen LogP contribution in [0.1, 0.15) is 44.0 Å². The van der Waals surface area contributed by atoms with Crippen molar-refractivity contribution in [2.75, 3.05) is 41.0 Å². The zero-order valence-corrected chi connectivity index (χ0v) is 22.5. The van der Waals surface area contributed by atoms with Gasteiger partial charge in [-0.1, -0.05) is 0 Å². The van der Waals surface area contributed by atoms with Crippen LogP contribution in [0.15, 0.2) is 85.1 Å². The Morgan fingerprint density at radius 2 is 1.29 bits per heavy atom. The van der Waals surface area contributed by atoms with Crippen LogP contribution in [0.5, 0.6) is 0 Å². The van der Waals surface area contributed by atoms with Gasteiger partial charge in [0, 0.05) is 53.3 Å². The van der Waals surface area contributed by atoms with E-state index in [-0.39, 0.29) is 23.6 Å². The summed E-state index contributed by atoms with van der Waals surface area (Å²) >= 11 is 0. The topological polar surface area (TPSA) is 136 Å². The Labute approximate surface area is 237 Å². The molecule has 0 saturated carbocycles. The van der Waals surface area contributed by atoms with Crippen LogP contribution in [0.2, 0.25) is 0 Å². The van der Waals surface area contributed by atoms with Crippen molar-refractivity contribution >= 4 is 46.2 Å². The minimum atomic E-state index is -0.545. The lowest BCUT2D eigenvalue weighted by Crippen LogP contribution is -2.35. The van der Waals surface area contributed by atoms with Crippen molar-refractivity contribution in [3.8, 4) is 0 Å². The van der Waals surface area contributed by atoms with Crippen molar-refractivity contribution in [2.45, 2.75) is 18.9 Å². The molecule has 0 bridgehead atoms. The van der Waals surface area contributed by atoms with Crippen molar-refractivity contribution in [3.05, 3.63) is 102 Å². The van der Waals surface area contributed by atoms with Gasteiger partial charge >= 0.3 is 5.97 Å². The van der Waals surface area contributed by atoms with E-state index in [0.29, 0.717) is 22.5 Å². The molecule has 1 saturated heterocycles. The third-order valence-corrected chi connectivity index (χ3v) is 6.88. The Morgan fingerprint density at radius 1 is 0.780 bits per heavy atom. The molecule has 1 aliphatic rings. The van der Waals surface area contributed by atoms with E-state index in [9.17, 15) is 19.5 Å². The van der Waals surface area contributed by atoms with Gasteiger partial charge < -0.3 is 35.7 Å². The largest absolute Gasteiger partial charge is 0.464 e. The fraction of sp³-hybridized carbons (Fsp3) is 0.194. The molecule has 210 valence electrons. The fourth-order valence-electron chi connectivity index (χ4n) is 4.55. The van der Waals surface area contributed by atoms with Gasteiger partial charge in [0.05, 0.1) is 18.8 Å². The molecule has 0 aliphatic carbocycles. The number of methoxy groups -OCH3 is 1. The zero-order chi connectivity index (χ0) is 28.8. The number of rotatable bonds is 8. The summed E-state index contributed by atoms with van der Waals surface area (Å²) in [4.78, 5) is 41.7. The molecular weight excluding hydrogens is 522 g/mol. The number of nitrogens with one attached hydrogen (secondary N) is 4. The molecule has 3 aromatic carbocycles. The number of carbonyl (C=O) groups excluding carboxylic acids is 3. The highest BCUT2D eigenvalue weighted by Gasteiger charge is 2.18. The summed E-state index contributed by atoms with van der Waals surface area (Å²) in [6.45, 7) is 1.62. The molecule has 2 heterocycles. The number of benzene rings is 3. The highest BCUT2D eigenvalue weighted by molar-refractivity contribution is 6.06. The highest BCUT2D eigenvalue weighted by Crippen LogP contribution is 2.23. The molecule has 0 unspecified atom stereocenters. The van der Waals surface area contributed by atoms with Gasteiger partial charge in [-0.15, -0.1) is 0 Å². The van der Waals surface area contributed by atoms with Crippen molar-refractivity contribution in [1.82, 2.24) is 4.98 Å². The van der Waals surface area contributed by atoms with Gasteiger partial charge in [-0.25, -0.2) is 4.79 Å². The standard InChI is InChI=1S/C31H31N5O5/c1-41-31(40)28-18-21(19-32-28)30(39)35-25-10-6-23(7-11-25)33-22-4-8-24(9-5-22)34-29(38)20-2-12-26(13-3-20)36-16-14-27(37)15-17-36/h2-13,18-19,27,32-33,37H,14-17H2,1H3,(H,34,38)(H,35,39). The first-order valence-electron chi connectivity index (χ1n) is 13.3. The first-order chi connectivity index (χ1) is 19.9. The van der Waals surface area contributed by atoms with E-state index in [2.05, 4.69) is 30.6 Å². The fourth-order valence-corrected chi connectivity index (χ4v) is 4.55. The lowest BCUT2D eigenvalue weighted by Gasteiger charge is -2.31. The van der Waals surface area contributed by atoms with Crippen LogP contribution in [-0.2, 0) is 4.74 Å². The number of nitrogens with zero attached hydrogens (tertiary/aromatic N) is 1. The number of carbonyl (C=O) groups is 3. The molecule has 10 nitrogen and oxygen atoms in total. The summed E-state index contributed by atoms with van der Waals surface area (Å²) in [5.41, 5.74) is 5.06. The van der Waals surface area contributed by atoms with Crippen LogP contribution in [0, 0.1) is 0 Å². The number of aliphatic hydroxyl groups is 1. The molecule has 1 fully saturated rings. The molecule has 2 amide bonds. The van der Waals surface area contributed by atoms with Crippen LogP contribution >= 0.6 is 0 Å². The van der Waals surface area contributed by atoms with Gasteiger partial charge in [0.15, 0.2) is 0 Å². The molecule has 1 aromatic heterocycles. The van der Waals surface area contributed by atoms with Crippen LogP contribution in [-0.4, -0.2) is 54.2 Å². The molecular formula is C31H31N5O5. The highest BCUT2D eigenvalue weighted by atomic mass is 16.5. The number of aromatic amines is 1. The van der Waals surface area contributed by atoms with Crippen LogP contribution in [0.3, 0.4) is 0 Å². The summed E-state index contributed by atoms with van der Waals surface area (Å²) < 4.78 is 4.64. The second kappa shape index (κ2) is 12.4. The molecule has 41 heavy (non-hydrogen) atoms. The lowest BCUT2D eigenvalue weighted by molar-refractivity contribution is 0.0594. The first kappa shape index (κ1) is 27.5. The predicted octanol–water partition coefficient (Wildman–Crippen LogP) is 5.01. The maximum Gasteiger partial charge on any atom is 0.354 e. The Kier molecular flexibility index (Phi) is 8.31. The number of piperidine rings is 1. The summed E-state index contributed by atoms with van der Waals surface area (Å²) in [5.74, 6) is -1.09. The first-order valence-corrected chi connectivity index (χ1v) is 13.3. The van der Waals surface area contributed by atoms with Gasteiger partial charge in [0.1, 0.15) is 5.69 Å². The molecule has 0 atom stereocenters. The molecule has 0 radical (unpaired) electrons. The minimum Gasteiger partial charge on any atom is -0.464 e. The number of aliphatic hydroxyl groups excluding tert-OH is 1. The summed E-state index contributed by atoms with van der Waals surface area (Å²) in [7, 11) is 1.27. The van der Waals surface area contributed by atoms with Gasteiger partial charge in [-0.3, -0.25) is 9.59 Å². The second-order valence-electron chi connectivity index (χ2n) is 9.75. The molecule has 5 rings (SSSR count). The Balaban J connectivity index is 1.12. The van der Waals surface area contributed by atoms with Crippen molar-refractivity contribution in [1.29, 1.82) is 0 Å². The third-order valence-electron chi connectivity index (χ3n) is 6.88. The maximum atomic E-state index is 12.7. The monoisotopic (exact) mass is 553 g/mol. The number of amides is 2. The molecule has 5 N–H and O–H groups in total. The number of hydrogen-bond donors (Lipinski definition) is 5. The van der Waals surface area contributed by atoms with Crippen LogP contribution in [0.25, 0.3) is 0 Å². The van der Waals surface area contributed by atoms with E-state index in [1.807, 2.05) is 60.7 Å². The summed E-state index contributed by atoms with van der Waals surface area (Å²) in [5, 5.41) is 18.7. The Hall–Kier alpha value is -5.09. The number of hydrogen-bond acceptors (Lipinski definition) is 7. The van der Waals surface area contributed by atoms with Gasteiger partial charge in [0.25, 0.3) is 11.8 Å². The summed E-state index contributed by atoms with van der Waals surface area (Å²) in [6.07, 6.45) is 2.74. The Bertz CT molecular complexity index is 1510. The van der Waals surface area contributed by atoms with E-state index >= 15 is 0 Å². The second-order valence-corrected chi connectivity index (χ2v) is 9.75. The molecule has 10 heteroatoms. The maximum absolute atomic E-state index is 12.7. The molecule has 4 aromatic rings. The van der Waals surface area contributed by atoms with Gasteiger partial charge in [0.2, 0.25) is 0 Å². The Morgan fingerprint density at radius 3 is 1.83 bits per heavy atom. The predicted molar refractivity (Wildman–Crippen MR) is 158 cm³/mol. The smallest absolute Gasteiger partial charge is 0.354 e. The van der Waals surface area contributed by atoms with Gasteiger partial charge in [-0.05, 0) is 91.7 Å². The van der Waals surface area contributed by atoms with Crippen molar-refractivity contribution < 1.29 is 24.2 Å². The number of aromatic nitrogens is 1. The van der Waals surface area contributed by atoms with Crippen molar-refractivity contribution in [3.63, 3.8) is 0 Å². The third kappa shape index (κ3) is 6.92. The average molecular weight is 554 g/mol. The average Bonchev–Trinajstić information content (AvgIpc) is 3.50. The quantitative estimate of drug-likeness (QED) is 0.194. The number of ether oxygens (including phenoxy) is 1.